The van der Waals surface area contributed by atoms with Crippen molar-refractivity contribution in [3.05, 3.63) is 28.6 Å². The van der Waals surface area contributed by atoms with Crippen LogP contribution in [0.4, 0.5) is 8.78 Å². The molecule has 1 aromatic rings. The molecule has 1 heterocycles. The minimum Gasteiger partial charge on any atom is -0.390 e. The molecule has 0 aliphatic heterocycles. The van der Waals surface area contributed by atoms with E-state index in [-0.39, 0.29) is 17.1 Å². The van der Waals surface area contributed by atoms with Crippen LogP contribution in [0.1, 0.15) is 28.9 Å². The monoisotopic (exact) mass is 221 g/mol. The SMILES string of the molecule is Cc1nc(CO)c(C(F)F)cc1CCl. The van der Waals surface area contributed by atoms with Crippen molar-refractivity contribution in [2.75, 3.05) is 0 Å². The fraction of sp³-hybridized carbons (Fsp3) is 0.444. The van der Waals surface area contributed by atoms with Crippen molar-refractivity contribution in [3.8, 4) is 0 Å². The fourth-order valence-electron chi connectivity index (χ4n) is 1.17. The van der Waals surface area contributed by atoms with Crippen LogP contribution in [0.2, 0.25) is 0 Å². The van der Waals surface area contributed by atoms with Crippen molar-refractivity contribution in [2.24, 2.45) is 0 Å². The molecule has 0 amide bonds. The van der Waals surface area contributed by atoms with Crippen LogP contribution in [-0.2, 0) is 12.5 Å². The third-order valence-electron chi connectivity index (χ3n) is 1.96. The summed E-state index contributed by atoms with van der Waals surface area (Å²) in [7, 11) is 0. The van der Waals surface area contributed by atoms with Gasteiger partial charge in [-0.3, -0.25) is 4.98 Å². The zero-order chi connectivity index (χ0) is 10.7. The summed E-state index contributed by atoms with van der Waals surface area (Å²) in [5.41, 5.74) is 0.924. The number of alkyl halides is 3. The first kappa shape index (κ1) is 11.3. The maximum atomic E-state index is 12.5. The van der Waals surface area contributed by atoms with Gasteiger partial charge in [-0.2, -0.15) is 0 Å². The van der Waals surface area contributed by atoms with E-state index in [2.05, 4.69) is 4.98 Å². The van der Waals surface area contributed by atoms with E-state index in [1.807, 2.05) is 0 Å². The molecule has 1 aromatic heterocycles. The van der Waals surface area contributed by atoms with Crippen molar-refractivity contribution in [2.45, 2.75) is 25.8 Å². The summed E-state index contributed by atoms with van der Waals surface area (Å²) in [4.78, 5) is 3.87. The predicted molar refractivity (Wildman–Crippen MR) is 49.4 cm³/mol. The molecule has 0 aromatic carbocycles. The topological polar surface area (TPSA) is 33.1 Å². The number of aryl methyl sites for hydroxylation is 1. The van der Waals surface area contributed by atoms with Crippen LogP contribution in [0.3, 0.4) is 0 Å². The van der Waals surface area contributed by atoms with Crippen molar-refractivity contribution in [1.82, 2.24) is 4.98 Å². The molecule has 14 heavy (non-hydrogen) atoms. The normalized spacial score (nSPS) is 11.0. The summed E-state index contributed by atoms with van der Waals surface area (Å²) in [5.74, 6) is 0.143. The molecular formula is C9H10ClF2NO. The molecular weight excluding hydrogens is 212 g/mol. The standard InChI is InChI=1S/C9H10ClF2NO/c1-5-6(3-10)2-7(9(11)12)8(4-14)13-5/h2,9,14H,3-4H2,1H3. The van der Waals surface area contributed by atoms with Crippen LogP contribution in [0.5, 0.6) is 0 Å². The summed E-state index contributed by atoms with van der Waals surface area (Å²) in [5, 5.41) is 8.83. The molecule has 0 saturated heterocycles. The number of hydrogen-bond donors (Lipinski definition) is 1. The van der Waals surface area contributed by atoms with E-state index >= 15 is 0 Å². The Morgan fingerprint density at radius 3 is 2.64 bits per heavy atom. The Balaban J connectivity index is 3.25. The molecule has 1 N–H and O–H groups in total. The van der Waals surface area contributed by atoms with Gasteiger partial charge in [-0.05, 0) is 18.6 Å². The molecule has 0 saturated carbocycles. The first-order valence-electron chi connectivity index (χ1n) is 4.04. The summed E-state index contributed by atoms with van der Waals surface area (Å²) < 4.78 is 24.9. The third-order valence-corrected chi connectivity index (χ3v) is 2.25. The summed E-state index contributed by atoms with van der Waals surface area (Å²) >= 11 is 5.56. The highest BCUT2D eigenvalue weighted by molar-refractivity contribution is 6.17. The molecule has 0 spiro atoms. The maximum Gasteiger partial charge on any atom is 0.265 e. The van der Waals surface area contributed by atoms with Crippen molar-refractivity contribution in [1.29, 1.82) is 0 Å². The van der Waals surface area contributed by atoms with Gasteiger partial charge in [0.25, 0.3) is 6.43 Å². The van der Waals surface area contributed by atoms with Gasteiger partial charge in [0.05, 0.1) is 12.3 Å². The number of aliphatic hydroxyl groups excluding tert-OH is 1. The van der Waals surface area contributed by atoms with E-state index in [9.17, 15) is 8.78 Å². The van der Waals surface area contributed by atoms with Crippen LogP contribution in [0.15, 0.2) is 6.07 Å². The number of rotatable bonds is 3. The second kappa shape index (κ2) is 4.66. The van der Waals surface area contributed by atoms with E-state index in [4.69, 9.17) is 16.7 Å². The Bertz CT molecular complexity index is 331. The molecule has 0 radical (unpaired) electrons. The molecule has 5 heteroatoms. The second-order valence-electron chi connectivity index (χ2n) is 2.86. The second-order valence-corrected chi connectivity index (χ2v) is 3.13. The smallest absolute Gasteiger partial charge is 0.265 e. The Hall–Kier alpha value is -0.740. The van der Waals surface area contributed by atoms with E-state index in [1.165, 1.54) is 6.07 Å². The highest BCUT2D eigenvalue weighted by atomic mass is 35.5. The molecule has 0 aliphatic rings. The highest BCUT2D eigenvalue weighted by Gasteiger charge is 2.15. The van der Waals surface area contributed by atoms with Crippen molar-refractivity contribution in [3.63, 3.8) is 0 Å². The Labute approximate surface area is 85.5 Å². The zero-order valence-electron chi connectivity index (χ0n) is 7.60. The number of aromatic nitrogens is 1. The van der Waals surface area contributed by atoms with Gasteiger partial charge in [-0.25, -0.2) is 8.78 Å². The van der Waals surface area contributed by atoms with Crippen molar-refractivity contribution >= 4 is 11.6 Å². The van der Waals surface area contributed by atoms with Gasteiger partial charge >= 0.3 is 0 Å². The molecule has 0 bridgehead atoms. The third kappa shape index (κ3) is 2.19. The molecule has 1 rings (SSSR count). The first-order valence-corrected chi connectivity index (χ1v) is 4.57. The molecule has 0 atom stereocenters. The van der Waals surface area contributed by atoms with Gasteiger partial charge in [0.1, 0.15) is 0 Å². The molecule has 0 fully saturated rings. The highest BCUT2D eigenvalue weighted by Crippen LogP contribution is 2.24. The van der Waals surface area contributed by atoms with Gasteiger partial charge in [0.2, 0.25) is 0 Å². The van der Waals surface area contributed by atoms with Crippen molar-refractivity contribution < 1.29 is 13.9 Å². The quantitative estimate of drug-likeness (QED) is 0.796. The maximum absolute atomic E-state index is 12.5. The van der Waals surface area contributed by atoms with Crippen LogP contribution in [0, 0.1) is 6.92 Å². The average Bonchev–Trinajstić information content (AvgIpc) is 2.16. The summed E-state index contributed by atoms with van der Waals surface area (Å²) in [6.07, 6.45) is -2.63. The summed E-state index contributed by atoms with van der Waals surface area (Å²) in [6, 6.07) is 1.30. The largest absolute Gasteiger partial charge is 0.390 e. The number of aliphatic hydroxyl groups is 1. The molecule has 2 nitrogen and oxygen atoms in total. The number of nitrogens with zero attached hydrogens (tertiary/aromatic N) is 1. The minimum absolute atomic E-state index is 0.0198. The Morgan fingerprint density at radius 2 is 2.21 bits per heavy atom. The van der Waals surface area contributed by atoms with Gasteiger partial charge in [0, 0.05) is 17.1 Å². The molecule has 0 unspecified atom stereocenters. The average molecular weight is 222 g/mol. The molecule has 0 aliphatic carbocycles. The summed E-state index contributed by atoms with van der Waals surface area (Å²) in [6.45, 7) is 1.19. The lowest BCUT2D eigenvalue weighted by atomic mass is 10.1. The Morgan fingerprint density at radius 1 is 1.57 bits per heavy atom. The number of halogens is 3. The van der Waals surface area contributed by atoms with Crippen LogP contribution in [-0.4, -0.2) is 10.1 Å². The predicted octanol–water partition coefficient (Wildman–Crippen LogP) is 2.56. The lowest BCUT2D eigenvalue weighted by Gasteiger charge is -2.09. The number of pyridine rings is 1. The van der Waals surface area contributed by atoms with E-state index in [0.717, 1.165) is 0 Å². The van der Waals surface area contributed by atoms with Crippen LogP contribution in [0.25, 0.3) is 0 Å². The van der Waals surface area contributed by atoms with E-state index in [0.29, 0.717) is 11.3 Å². The lowest BCUT2D eigenvalue weighted by molar-refractivity contribution is 0.146. The molecule has 78 valence electrons. The van der Waals surface area contributed by atoms with E-state index < -0.39 is 13.0 Å². The van der Waals surface area contributed by atoms with Gasteiger partial charge < -0.3 is 5.11 Å². The number of hydrogen-bond acceptors (Lipinski definition) is 2. The lowest BCUT2D eigenvalue weighted by Crippen LogP contribution is -2.03. The first-order chi connectivity index (χ1) is 6.60. The zero-order valence-corrected chi connectivity index (χ0v) is 8.35. The van der Waals surface area contributed by atoms with Crippen LogP contribution >= 0.6 is 11.6 Å². The van der Waals surface area contributed by atoms with Gasteiger partial charge in [0.15, 0.2) is 0 Å². The van der Waals surface area contributed by atoms with Gasteiger partial charge in [-0.1, -0.05) is 0 Å². The van der Waals surface area contributed by atoms with E-state index in [1.54, 1.807) is 6.92 Å². The van der Waals surface area contributed by atoms with Crippen LogP contribution < -0.4 is 0 Å². The van der Waals surface area contributed by atoms with Gasteiger partial charge in [-0.15, -0.1) is 11.6 Å². The fourth-order valence-corrected chi connectivity index (χ4v) is 1.44. The Kier molecular flexibility index (Phi) is 3.77. The minimum atomic E-state index is -2.63.